The van der Waals surface area contributed by atoms with Crippen molar-refractivity contribution in [3.8, 4) is 0 Å². The van der Waals surface area contributed by atoms with Crippen molar-refractivity contribution in [2.75, 3.05) is 18.9 Å². The summed E-state index contributed by atoms with van der Waals surface area (Å²) in [7, 11) is 2.02. The summed E-state index contributed by atoms with van der Waals surface area (Å²) in [6, 6.07) is 13.9. The van der Waals surface area contributed by atoms with Gasteiger partial charge in [-0.05, 0) is 36.1 Å². The Morgan fingerprint density at radius 1 is 1.17 bits per heavy atom. The van der Waals surface area contributed by atoms with Crippen LogP contribution in [0.3, 0.4) is 0 Å². The Morgan fingerprint density at radius 2 is 1.83 bits per heavy atom. The largest absolute Gasteiger partial charge is 0.326 e. The molecular formula is C20H26ClN2O+. The Hall–Kier alpha value is -1.84. The fraction of sp³-hybridized carbons (Fsp3) is 0.350. The first kappa shape index (κ1) is 18.5. The number of halogens is 1. The molecule has 0 aliphatic rings. The predicted octanol–water partition coefficient (Wildman–Crippen LogP) is 3.43. The second kappa shape index (κ2) is 8.32. The first-order chi connectivity index (χ1) is 11.4. The van der Waals surface area contributed by atoms with E-state index in [9.17, 15) is 4.79 Å². The summed E-state index contributed by atoms with van der Waals surface area (Å²) < 4.78 is 0. The molecule has 128 valence electrons. The quantitative estimate of drug-likeness (QED) is 0.826. The molecule has 0 aliphatic carbocycles. The second-order valence-corrected chi connectivity index (χ2v) is 7.12. The molecular weight excluding hydrogens is 320 g/mol. The monoisotopic (exact) mass is 345 g/mol. The zero-order chi connectivity index (χ0) is 17.7. The summed E-state index contributed by atoms with van der Waals surface area (Å²) in [6.07, 6.45) is 0. The van der Waals surface area contributed by atoms with Crippen LogP contribution >= 0.6 is 11.6 Å². The number of rotatable bonds is 6. The van der Waals surface area contributed by atoms with Gasteiger partial charge in [0.15, 0.2) is 6.54 Å². The summed E-state index contributed by atoms with van der Waals surface area (Å²) in [5, 5.41) is 3.84. The number of amides is 1. The standard InChI is InChI=1S/C20H25ClN2O/c1-14(2)18-7-5-6-15(3)20(18)22-19(24)13-23(4)12-16-8-10-17(21)11-9-16/h5-11,14H,12-13H2,1-4H3,(H,22,24)/p+1. The van der Waals surface area contributed by atoms with E-state index in [1.54, 1.807) is 0 Å². The fourth-order valence-electron chi connectivity index (χ4n) is 2.81. The van der Waals surface area contributed by atoms with E-state index in [1.807, 2.05) is 50.4 Å². The SMILES string of the molecule is Cc1cccc(C(C)C)c1NC(=O)C[NH+](C)Cc1ccc(Cl)cc1. The molecule has 0 saturated carbocycles. The van der Waals surface area contributed by atoms with Crippen LogP contribution in [-0.2, 0) is 11.3 Å². The van der Waals surface area contributed by atoms with Crippen LogP contribution in [0.1, 0.15) is 36.5 Å². The lowest BCUT2D eigenvalue weighted by Crippen LogP contribution is -3.08. The second-order valence-electron chi connectivity index (χ2n) is 6.68. The highest BCUT2D eigenvalue weighted by atomic mass is 35.5. The van der Waals surface area contributed by atoms with Gasteiger partial charge in [0.25, 0.3) is 5.91 Å². The minimum absolute atomic E-state index is 0.0395. The smallest absolute Gasteiger partial charge is 0.279 e. The highest BCUT2D eigenvalue weighted by molar-refractivity contribution is 6.30. The van der Waals surface area contributed by atoms with E-state index in [0.717, 1.165) is 27.7 Å². The van der Waals surface area contributed by atoms with E-state index in [-0.39, 0.29) is 5.91 Å². The molecule has 0 fully saturated rings. The third-order valence-corrected chi connectivity index (χ3v) is 4.32. The first-order valence-corrected chi connectivity index (χ1v) is 8.69. The van der Waals surface area contributed by atoms with Crippen molar-refractivity contribution in [3.05, 3.63) is 64.2 Å². The van der Waals surface area contributed by atoms with Crippen molar-refractivity contribution >= 4 is 23.2 Å². The third kappa shape index (κ3) is 5.08. The summed E-state index contributed by atoms with van der Waals surface area (Å²) in [6.45, 7) is 7.53. The lowest BCUT2D eigenvalue weighted by molar-refractivity contribution is -0.885. The Balaban J connectivity index is 1.99. The molecule has 1 unspecified atom stereocenters. The zero-order valence-corrected chi connectivity index (χ0v) is 15.6. The molecule has 0 radical (unpaired) electrons. The van der Waals surface area contributed by atoms with E-state index in [1.165, 1.54) is 11.1 Å². The number of quaternary nitrogens is 1. The number of para-hydroxylation sites is 1. The van der Waals surface area contributed by atoms with Crippen LogP contribution in [0.15, 0.2) is 42.5 Å². The van der Waals surface area contributed by atoms with Crippen molar-refractivity contribution in [3.63, 3.8) is 0 Å². The fourth-order valence-corrected chi connectivity index (χ4v) is 2.94. The number of nitrogens with one attached hydrogen (secondary N) is 2. The van der Waals surface area contributed by atoms with E-state index in [4.69, 9.17) is 11.6 Å². The number of benzene rings is 2. The maximum absolute atomic E-state index is 12.4. The molecule has 2 rings (SSSR count). The van der Waals surface area contributed by atoms with Gasteiger partial charge in [0.2, 0.25) is 0 Å². The minimum Gasteiger partial charge on any atom is -0.326 e. The van der Waals surface area contributed by atoms with Gasteiger partial charge in [-0.3, -0.25) is 4.79 Å². The minimum atomic E-state index is 0.0395. The maximum atomic E-state index is 12.4. The topological polar surface area (TPSA) is 33.5 Å². The molecule has 0 aliphatic heterocycles. The van der Waals surface area contributed by atoms with Crippen LogP contribution in [0.5, 0.6) is 0 Å². The van der Waals surface area contributed by atoms with E-state index < -0.39 is 0 Å². The normalized spacial score (nSPS) is 12.2. The van der Waals surface area contributed by atoms with Gasteiger partial charge in [0.05, 0.1) is 7.05 Å². The molecule has 1 amide bonds. The molecule has 1 atom stereocenters. The number of anilines is 1. The van der Waals surface area contributed by atoms with E-state index in [2.05, 4.69) is 25.2 Å². The number of aryl methyl sites for hydroxylation is 1. The van der Waals surface area contributed by atoms with Crippen molar-refractivity contribution in [1.29, 1.82) is 0 Å². The maximum Gasteiger partial charge on any atom is 0.279 e. The average Bonchev–Trinajstić information content (AvgIpc) is 2.51. The van der Waals surface area contributed by atoms with Gasteiger partial charge in [0, 0.05) is 16.3 Å². The summed E-state index contributed by atoms with van der Waals surface area (Å²) >= 11 is 5.91. The number of likely N-dealkylation sites (N-methyl/N-ethyl adjacent to an activating group) is 1. The van der Waals surface area contributed by atoms with Crippen molar-refractivity contribution in [1.82, 2.24) is 0 Å². The number of carbonyl (C=O) groups is 1. The Labute approximate surface area is 149 Å². The van der Waals surface area contributed by atoms with Gasteiger partial charge < -0.3 is 10.2 Å². The zero-order valence-electron chi connectivity index (χ0n) is 14.8. The average molecular weight is 346 g/mol. The van der Waals surface area contributed by atoms with E-state index >= 15 is 0 Å². The van der Waals surface area contributed by atoms with Crippen LogP contribution in [0.4, 0.5) is 5.69 Å². The van der Waals surface area contributed by atoms with Crippen LogP contribution in [-0.4, -0.2) is 19.5 Å². The van der Waals surface area contributed by atoms with Crippen molar-refractivity contribution < 1.29 is 9.69 Å². The third-order valence-electron chi connectivity index (χ3n) is 4.07. The number of hydrogen-bond acceptors (Lipinski definition) is 1. The molecule has 0 aromatic heterocycles. The van der Waals surface area contributed by atoms with Crippen LogP contribution in [0.2, 0.25) is 5.02 Å². The Morgan fingerprint density at radius 3 is 2.46 bits per heavy atom. The molecule has 2 aromatic carbocycles. The van der Waals surface area contributed by atoms with Crippen molar-refractivity contribution in [2.24, 2.45) is 0 Å². The Bertz CT molecular complexity index is 695. The lowest BCUT2D eigenvalue weighted by atomic mass is 9.98. The van der Waals surface area contributed by atoms with Gasteiger partial charge in [0.1, 0.15) is 6.54 Å². The molecule has 0 spiro atoms. The van der Waals surface area contributed by atoms with E-state index in [0.29, 0.717) is 12.5 Å². The molecule has 2 aromatic rings. The molecule has 24 heavy (non-hydrogen) atoms. The van der Waals surface area contributed by atoms with Gasteiger partial charge >= 0.3 is 0 Å². The summed E-state index contributed by atoms with van der Waals surface area (Å²) in [4.78, 5) is 13.6. The van der Waals surface area contributed by atoms with Gasteiger partial charge in [-0.2, -0.15) is 0 Å². The van der Waals surface area contributed by atoms with Gasteiger partial charge in [-0.25, -0.2) is 0 Å². The molecule has 4 heteroatoms. The first-order valence-electron chi connectivity index (χ1n) is 8.32. The molecule has 3 nitrogen and oxygen atoms in total. The van der Waals surface area contributed by atoms with Crippen LogP contribution in [0, 0.1) is 6.92 Å². The molecule has 2 N–H and O–H groups in total. The lowest BCUT2D eigenvalue weighted by Gasteiger charge is -2.18. The van der Waals surface area contributed by atoms with Gasteiger partial charge in [-0.1, -0.05) is 55.8 Å². The summed E-state index contributed by atoms with van der Waals surface area (Å²) in [5.74, 6) is 0.414. The molecule has 0 saturated heterocycles. The highest BCUT2D eigenvalue weighted by Crippen LogP contribution is 2.27. The molecule has 0 bridgehead atoms. The summed E-state index contributed by atoms with van der Waals surface area (Å²) in [5.41, 5.74) is 4.41. The number of hydrogen-bond donors (Lipinski definition) is 2. The van der Waals surface area contributed by atoms with Crippen molar-refractivity contribution in [2.45, 2.75) is 33.2 Å². The van der Waals surface area contributed by atoms with Crippen LogP contribution in [0.25, 0.3) is 0 Å². The highest BCUT2D eigenvalue weighted by Gasteiger charge is 2.15. The Kier molecular flexibility index (Phi) is 6.41. The predicted molar refractivity (Wildman–Crippen MR) is 101 cm³/mol. The van der Waals surface area contributed by atoms with Gasteiger partial charge in [-0.15, -0.1) is 0 Å². The molecule has 0 heterocycles. The number of carbonyl (C=O) groups excluding carboxylic acids is 1. The van der Waals surface area contributed by atoms with Crippen LogP contribution < -0.4 is 10.2 Å².